The van der Waals surface area contributed by atoms with E-state index in [9.17, 15) is 9.18 Å². The van der Waals surface area contributed by atoms with Crippen molar-refractivity contribution >= 4 is 11.7 Å². The van der Waals surface area contributed by atoms with Gasteiger partial charge in [0.2, 0.25) is 0 Å². The zero-order valence-electron chi connectivity index (χ0n) is 9.40. The van der Waals surface area contributed by atoms with Gasteiger partial charge in [-0.05, 0) is 18.2 Å². The van der Waals surface area contributed by atoms with Crippen molar-refractivity contribution in [2.75, 3.05) is 18.0 Å². The van der Waals surface area contributed by atoms with Crippen LogP contribution in [0.2, 0.25) is 0 Å². The molecule has 90 valence electrons. The summed E-state index contributed by atoms with van der Waals surface area (Å²) >= 11 is 0. The van der Waals surface area contributed by atoms with Gasteiger partial charge in [0.15, 0.2) is 0 Å². The minimum absolute atomic E-state index is 0.0614. The molecule has 17 heavy (non-hydrogen) atoms. The van der Waals surface area contributed by atoms with Crippen molar-refractivity contribution in [2.45, 2.75) is 0 Å². The molecular weight excluding hydrogens is 221 g/mol. The summed E-state index contributed by atoms with van der Waals surface area (Å²) in [7, 11) is 0. The van der Waals surface area contributed by atoms with Crippen molar-refractivity contribution in [1.82, 2.24) is 0 Å². The quantitative estimate of drug-likeness (QED) is 0.771. The maximum absolute atomic E-state index is 13.0. The Labute approximate surface area is 99.5 Å². The fourth-order valence-electron chi connectivity index (χ4n) is 1.54. The molecular formula is C13H14FNO2. The number of carbonyl (C=O) groups is 1. The van der Waals surface area contributed by atoms with E-state index >= 15 is 0 Å². The molecule has 1 rings (SSSR count). The van der Waals surface area contributed by atoms with Gasteiger partial charge in [0.05, 0.1) is 11.3 Å². The predicted molar refractivity (Wildman–Crippen MR) is 66.0 cm³/mol. The lowest BCUT2D eigenvalue weighted by molar-refractivity contribution is 0.0697. The van der Waals surface area contributed by atoms with Crippen molar-refractivity contribution in [2.24, 2.45) is 0 Å². The van der Waals surface area contributed by atoms with E-state index in [1.165, 1.54) is 12.1 Å². The molecule has 1 aromatic rings. The average molecular weight is 235 g/mol. The van der Waals surface area contributed by atoms with E-state index in [0.717, 1.165) is 6.07 Å². The molecule has 0 spiro atoms. The van der Waals surface area contributed by atoms with Crippen LogP contribution < -0.4 is 4.90 Å². The Kier molecular flexibility index (Phi) is 4.46. The second kappa shape index (κ2) is 5.84. The van der Waals surface area contributed by atoms with E-state index in [-0.39, 0.29) is 5.56 Å². The summed E-state index contributed by atoms with van der Waals surface area (Å²) in [5, 5.41) is 9.03. The molecule has 0 saturated carbocycles. The third-order valence-corrected chi connectivity index (χ3v) is 2.23. The number of rotatable bonds is 6. The van der Waals surface area contributed by atoms with Gasteiger partial charge in [0.25, 0.3) is 0 Å². The Morgan fingerprint density at radius 2 is 1.94 bits per heavy atom. The molecule has 0 bridgehead atoms. The molecule has 0 radical (unpaired) electrons. The number of hydrogen-bond donors (Lipinski definition) is 1. The van der Waals surface area contributed by atoms with Crippen LogP contribution in [0.15, 0.2) is 43.5 Å². The predicted octanol–water partition coefficient (Wildman–Crippen LogP) is 2.70. The molecule has 0 heterocycles. The van der Waals surface area contributed by atoms with Gasteiger partial charge in [-0.15, -0.1) is 13.2 Å². The first-order valence-corrected chi connectivity index (χ1v) is 5.09. The highest BCUT2D eigenvalue weighted by molar-refractivity contribution is 5.94. The molecule has 0 aromatic heterocycles. The molecule has 1 aromatic carbocycles. The number of carboxylic acid groups (broad SMARTS) is 1. The van der Waals surface area contributed by atoms with Crippen molar-refractivity contribution in [3.8, 4) is 0 Å². The fraction of sp³-hybridized carbons (Fsp3) is 0.154. The van der Waals surface area contributed by atoms with Crippen LogP contribution in [0.5, 0.6) is 0 Å². The molecule has 3 nitrogen and oxygen atoms in total. The van der Waals surface area contributed by atoms with Crippen LogP contribution in [0.3, 0.4) is 0 Å². The summed E-state index contributed by atoms with van der Waals surface area (Å²) in [5.74, 6) is -1.72. The largest absolute Gasteiger partial charge is 0.478 e. The number of aromatic carboxylic acids is 1. The average Bonchev–Trinajstić information content (AvgIpc) is 2.28. The van der Waals surface area contributed by atoms with Gasteiger partial charge in [-0.25, -0.2) is 9.18 Å². The molecule has 0 aliphatic heterocycles. The minimum atomic E-state index is -1.15. The SMILES string of the molecule is C=CCN(CC=C)c1ccc(F)cc1C(=O)O. The Morgan fingerprint density at radius 3 is 2.41 bits per heavy atom. The third kappa shape index (κ3) is 3.17. The first kappa shape index (κ1) is 13.0. The minimum Gasteiger partial charge on any atom is -0.478 e. The number of benzene rings is 1. The van der Waals surface area contributed by atoms with Crippen LogP contribution in [0.1, 0.15) is 10.4 Å². The molecule has 0 aliphatic rings. The summed E-state index contributed by atoms with van der Waals surface area (Å²) in [6.45, 7) is 8.15. The van der Waals surface area contributed by atoms with Crippen LogP contribution in [0.4, 0.5) is 10.1 Å². The highest BCUT2D eigenvalue weighted by Crippen LogP contribution is 2.21. The molecule has 0 fully saturated rings. The Morgan fingerprint density at radius 1 is 1.35 bits per heavy atom. The van der Waals surface area contributed by atoms with E-state index in [2.05, 4.69) is 13.2 Å². The van der Waals surface area contributed by atoms with E-state index in [1.807, 2.05) is 0 Å². The highest BCUT2D eigenvalue weighted by Gasteiger charge is 2.15. The van der Waals surface area contributed by atoms with Gasteiger partial charge in [-0.3, -0.25) is 0 Å². The smallest absolute Gasteiger partial charge is 0.337 e. The van der Waals surface area contributed by atoms with Crippen LogP contribution in [0, 0.1) is 5.82 Å². The van der Waals surface area contributed by atoms with Crippen LogP contribution in [-0.2, 0) is 0 Å². The number of carboxylic acids is 1. The van der Waals surface area contributed by atoms with E-state index in [0.29, 0.717) is 18.8 Å². The molecule has 0 amide bonds. The van der Waals surface area contributed by atoms with Crippen LogP contribution >= 0.6 is 0 Å². The fourth-order valence-corrected chi connectivity index (χ4v) is 1.54. The Hall–Kier alpha value is -2.10. The monoisotopic (exact) mass is 235 g/mol. The van der Waals surface area contributed by atoms with Crippen molar-refractivity contribution in [3.63, 3.8) is 0 Å². The lowest BCUT2D eigenvalue weighted by Crippen LogP contribution is -2.25. The third-order valence-electron chi connectivity index (χ3n) is 2.23. The number of hydrogen-bond acceptors (Lipinski definition) is 2. The number of nitrogens with zero attached hydrogens (tertiary/aromatic N) is 1. The number of halogens is 1. The van der Waals surface area contributed by atoms with E-state index < -0.39 is 11.8 Å². The standard InChI is InChI=1S/C13H14FNO2/c1-3-7-15(8-4-2)12-6-5-10(14)9-11(12)13(16)17/h3-6,9H,1-2,7-8H2,(H,16,17). The highest BCUT2D eigenvalue weighted by atomic mass is 19.1. The summed E-state index contributed by atoms with van der Waals surface area (Å²) in [4.78, 5) is 12.8. The zero-order chi connectivity index (χ0) is 12.8. The number of anilines is 1. The second-order valence-corrected chi connectivity index (χ2v) is 3.45. The Balaban J connectivity index is 3.20. The van der Waals surface area contributed by atoms with Crippen molar-refractivity contribution in [3.05, 3.63) is 54.9 Å². The van der Waals surface area contributed by atoms with Gasteiger partial charge in [-0.1, -0.05) is 12.2 Å². The summed E-state index contributed by atoms with van der Waals surface area (Å²) in [5.41, 5.74) is 0.396. The van der Waals surface area contributed by atoms with Crippen molar-refractivity contribution in [1.29, 1.82) is 0 Å². The molecule has 0 atom stereocenters. The lowest BCUT2D eigenvalue weighted by Gasteiger charge is -2.23. The normalized spacial score (nSPS) is 9.71. The summed E-state index contributed by atoms with van der Waals surface area (Å²) < 4.78 is 13.0. The molecule has 4 heteroatoms. The second-order valence-electron chi connectivity index (χ2n) is 3.45. The molecule has 0 unspecified atom stereocenters. The molecule has 0 saturated heterocycles. The first-order chi connectivity index (χ1) is 8.10. The van der Waals surface area contributed by atoms with Gasteiger partial charge in [0, 0.05) is 13.1 Å². The molecule has 0 aliphatic carbocycles. The maximum atomic E-state index is 13.0. The van der Waals surface area contributed by atoms with Gasteiger partial charge in [0.1, 0.15) is 5.82 Å². The van der Waals surface area contributed by atoms with Gasteiger partial charge in [-0.2, -0.15) is 0 Å². The van der Waals surface area contributed by atoms with Gasteiger partial charge >= 0.3 is 5.97 Å². The van der Waals surface area contributed by atoms with Crippen LogP contribution in [-0.4, -0.2) is 24.2 Å². The first-order valence-electron chi connectivity index (χ1n) is 5.09. The summed E-state index contributed by atoms with van der Waals surface area (Å²) in [6.07, 6.45) is 3.30. The van der Waals surface area contributed by atoms with E-state index in [4.69, 9.17) is 5.11 Å². The zero-order valence-corrected chi connectivity index (χ0v) is 9.40. The lowest BCUT2D eigenvalue weighted by atomic mass is 10.1. The topological polar surface area (TPSA) is 40.5 Å². The Bertz CT molecular complexity index is 433. The van der Waals surface area contributed by atoms with Crippen molar-refractivity contribution < 1.29 is 14.3 Å². The molecule has 1 N–H and O–H groups in total. The van der Waals surface area contributed by atoms with Gasteiger partial charge < -0.3 is 10.0 Å². The van der Waals surface area contributed by atoms with E-state index in [1.54, 1.807) is 17.1 Å². The summed E-state index contributed by atoms with van der Waals surface area (Å²) in [6, 6.07) is 3.70. The van der Waals surface area contributed by atoms with Crippen LogP contribution in [0.25, 0.3) is 0 Å². The maximum Gasteiger partial charge on any atom is 0.337 e.